The summed E-state index contributed by atoms with van der Waals surface area (Å²) in [7, 11) is 0. The zero-order chi connectivity index (χ0) is 26.7. The van der Waals surface area contributed by atoms with Gasteiger partial charge in [0.2, 0.25) is 5.95 Å². The number of morpholine rings is 1. The number of pyridine rings is 1. The summed E-state index contributed by atoms with van der Waals surface area (Å²) in [5, 5.41) is 2.68. The molecule has 0 saturated carbocycles. The molecule has 2 aliphatic rings. The second kappa shape index (κ2) is 10.9. The van der Waals surface area contributed by atoms with Crippen molar-refractivity contribution in [3.63, 3.8) is 0 Å². The van der Waals surface area contributed by atoms with Crippen molar-refractivity contribution >= 4 is 23.4 Å². The first-order chi connectivity index (χ1) is 18.3. The molecule has 2 aromatic heterocycles. The van der Waals surface area contributed by atoms with E-state index in [0.717, 1.165) is 57.0 Å². The lowest BCUT2D eigenvalue weighted by Crippen LogP contribution is -2.37. The van der Waals surface area contributed by atoms with Gasteiger partial charge < -0.3 is 19.9 Å². The minimum Gasteiger partial charge on any atom is -0.378 e. The summed E-state index contributed by atoms with van der Waals surface area (Å²) in [6.45, 7) is 6.31. The van der Waals surface area contributed by atoms with Crippen molar-refractivity contribution in [2.24, 2.45) is 0 Å². The maximum absolute atomic E-state index is 13.1. The number of rotatable bonds is 5. The minimum absolute atomic E-state index is 0.0917. The van der Waals surface area contributed by atoms with Gasteiger partial charge >= 0.3 is 6.18 Å². The highest BCUT2D eigenvalue weighted by Gasteiger charge is 2.31. The summed E-state index contributed by atoms with van der Waals surface area (Å²) in [4.78, 5) is 31.4. The highest BCUT2D eigenvalue weighted by atomic mass is 19.4. The molecule has 5 rings (SSSR count). The Labute approximate surface area is 218 Å². The Bertz CT molecular complexity index is 1270. The van der Waals surface area contributed by atoms with Crippen molar-refractivity contribution < 1.29 is 22.7 Å². The molecule has 0 aliphatic carbocycles. The number of amides is 1. The third kappa shape index (κ3) is 5.88. The van der Waals surface area contributed by atoms with E-state index in [-0.39, 0.29) is 5.56 Å². The van der Waals surface area contributed by atoms with Crippen LogP contribution in [0.2, 0.25) is 0 Å². The normalized spacial score (nSPS) is 16.4. The molecule has 1 aromatic carbocycles. The molecule has 1 amide bonds. The Balaban J connectivity index is 1.47. The van der Waals surface area contributed by atoms with Crippen LogP contribution in [0.25, 0.3) is 11.3 Å². The summed E-state index contributed by atoms with van der Waals surface area (Å²) in [5.74, 6) is 0.802. The van der Waals surface area contributed by atoms with E-state index in [1.165, 1.54) is 24.8 Å². The molecular formula is C27H29F3N6O2. The summed E-state index contributed by atoms with van der Waals surface area (Å²) in [5.41, 5.74) is 1.47. The Morgan fingerprint density at radius 3 is 2.47 bits per heavy atom. The van der Waals surface area contributed by atoms with Gasteiger partial charge in [-0.15, -0.1) is 0 Å². The number of carbonyl (C=O) groups excluding carboxylic acids is 1. The van der Waals surface area contributed by atoms with Crippen LogP contribution in [-0.4, -0.2) is 60.3 Å². The van der Waals surface area contributed by atoms with E-state index in [1.807, 2.05) is 13.0 Å². The Hall–Kier alpha value is -3.73. The third-order valence-corrected chi connectivity index (χ3v) is 6.75. The number of ether oxygens (including phenoxy) is 1. The van der Waals surface area contributed by atoms with Crippen molar-refractivity contribution in [2.45, 2.75) is 32.4 Å². The van der Waals surface area contributed by atoms with Gasteiger partial charge in [-0.3, -0.25) is 9.78 Å². The van der Waals surface area contributed by atoms with E-state index in [9.17, 15) is 18.0 Å². The van der Waals surface area contributed by atoms with Crippen LogP contribution in [0.1, 0.15) is 40.9 Å². The van der Waals surface area contributed by atoms with Gasteiger partial charge in [-0.05, 0) is 50.5 Å². The van der Waals surface area contributed by atoms with Gasteiger partial charge in [-0.1, -0.05) is 6.07 Å². The number of alkyl halides is 3. The molecule has 0 spiro atoms. The fourth-order valence-corrected chi connectivity index (χ4v) is 4.65. The fourth-order valence-electron chi connectivity index (χ4n) is 4.65. The number of piperidine rings is 1. The zero-order valence-corrected chi connectivity index (χ0v) is 21.1. The van der Waals surface area contributed by atoms with Crippen LogP contribution in [0.4, 0.5) is 30.6 Å². The maximum atomic E-state index is 13.1. The van der Waals surface area contributed by atoms with Crippen LogP contribution in [0.5, 0.6) is 0 Å². The molecule has 0 atom stereocenters. The van der Waals surface area contributed by atoms with E-state index in [1.54, 1.807) is 6.07 Å². The van der Waals surface area contributed by atoms with Crippen molar-refractivity contribution in [2.75, 3.05) is 54.5 Å². The third-order valence-electron chi connectivity index (χ3n) is 6.75. The van der Waals surface area contributed by atoms with Crippen molar-refractivity contribution in [1.82, 2.24) is 15.0 Å². The molecule has 0 bridgehead atoms. The first-order valence-electron chi connectivity index (χ1n) is 12.7. The van der Waals surface area contributed by atoms with E-state index in [2.05, 4.69) is 20.1 Å². The average molecular weight is 527 g/mol. The molecule has 2 saturated heterocycles. The van der Waals surface area contributed by atoms with E-state index >= 15 is 0 Å². The molecule has 200 valence electrons. The predicted molar refractivity (Wildman–Crippen MR) is 138 cm³/mol. The second-order valence-electron chi connectivity index (χ2n) is 9.45. The number of nitrogens with one attached hydrogen (secondary N) is 1. The van der Waals surface area contributed by atoms with Crippen molar-refractivity contribution in [3.8, 4) is 11.3 Å². The average Bonchev–Trinajstić information content (AvgIpc) is 2.94. The first kappa shape index (κ1) is 25.9. The lowest BCUT2D eigenvalue weighted by atomic mass is 10.1. The number of hydrogen-bond acceptors (Lipinski definition) is 7. The van der Waals surface area contributed by atoms with Crippen LogP contribution < -0.4 is 15.1 Å². The number of nitrogens with zero attached hydrogens (tertiary/aromatic N) is 5. The molecule has 2 fully saturated rings. The van der Waals surface area contributed by atoms with Gasteiger partial charge in [-0.2, -0.15) is 18.2 Å². The van der Waals surface area contributed by atoms with Crippen LogP contribution in [-0.2, 0) is 10.9 Å². The molecule has 8 nitrogen and oxygen atoms in total. The monoisotopic (exact) mass is 526 g/mol. The quantitative estimate of drug-likeness (QED) is 0.504. The number of carbonyl (C=O) groups is 1. The smallest absolute Gasteiger partial charge is 0.378 e. The minimum atomic E-state index is -4.54. The largest absolute Gasteiger partial charge is 0.416 e. The topological polar surface area (TPSA) is 83.5 Å². The number of halogens is 3. The molecular weight excluding hydrogens is 497 g/mol. The SMILES string of the molecule is Cc1ncc(NC(=O)c2cccc(C(F)(F)F)c2)cc1-c1cc(N2CCOCC2)nc(N2CCCCC2)n1. The molecule has 4 heterocycles. The molecule has 38 heavy (non-hydrogen) atoms. The van der Waals surface area contributed by atoms with Crippen LogP contribution >= 0.6 is 0 Å². The van der Waals surface area contributed by atoms with Gasteiger partial charge in [0.15, 0.2) is 0 Å². The van der Waals surface area contributed by atoms with Crippen LogP contribution in [0, 0.1) is 6.92 Å². The number of aryl methyl sites for hydroxylation is 1. The summed E-state index contributed by atoms with van der Waals surface area (Å²) in [6, 6.07) is 8.00. The van der Waals surface area contributed by atoms with Crippen LogP contribution in [0.3, 0.4) is 0 Å². The van der Waals surface area contributed by atoms with Gasteiger partial charge in [-0.25, -0.2) is 4.98 Å². The molecule has 0 radical (unpaired) electrons. The fraction of sp³-hybridized carbons (Fsp3) is 0.407. The van der Waals surface area contributed by atoms with Gasteiger partial charge in [0, 0.05) is 49.1 Å². The van der Waals surface area contributed by atoms with E-state index in [0.29, 0.717) is 41.8 Å². The van der Waals surface area contributed by atoms with Gasteiger partial charge in [0.25, 0.3) is 5.91 Å². The highest BCUT2D eigenvalue weighted by molar-refractivity contribution is 6.04. The summed E-state index contributed by atoms with van der Waals surface area (Å²) in [6.07, 6.45) is 0.297. The molecule has 1 N–H and O–H groups in total. The predicted octanol–water partition coefficient (Wildman–Crippen LogP) is 4.95. The summed E-state index contributed by atoms with van der Waals surface area (Å²) < 4.78 is 44.8. The molecule has 2 aliphatic heterocycles. The maximum Gasteiger partial charge on any atom is 0.416 e. The standard InChI is InChI=1S/C27H29F3N6O2/c1-18-22(15-21(17-31-18)32-25(37)19-6-5-7-20(14-19)27(28,29)30)23-16-24(35-10-12-38-13-11-35)34-26(33-23)36-8-3-2-4-9-36/h5-7,14-17H,2-4,8-13H2,1H3,(H,32,37). The number of anilines is 3. The van der Waals surface area contributed by atoms with Gasteiger partial charge in [0.05, 0.1) is 36.4 Å². The van der Waals surface area contributed by atoms with Crippen molar-refractivity contribution in [3.05, 3.63) is 59.4 Å². The van der Waals surface area contributed by atoms with Gasteiger partial charge in [0.1, 0.15) is 5.82 Å². The van der Waals surface area contributed by atoms with E-state index < -0.39 is 17.6 Å². The van der Waals surface area contributed by atoms with Crippen molar-refractivity contribution in [1.29, 1.82) is 0 Å². The Kier molecular flexibility index (Phi) is 7.46. The number of benzene rings is 1. The first-order valence-corrected chi connectivity index (χ1v) is 12.7. The number of aromatic nitrogens is 3. The number of hydrogen-bond donors (Lipinski definition) is 1. The molecule has 11 heteroatoms. The Morgan fingerprint density at radius 2 is 1.74 bits per heavy atom. The second-order valence-corrected chi connectivity index (χ2v) is 9.45. The van der Waals surface area contributed by atoms with Crippen LogP contribution in [0.15, 0.2) is 42.6 Å². The molecule has 0 unspecified atom stereocenters. The Morgan fingerprint density at radius 1 is 0.974 bits per heavy atom. The lowest BCUT2D eigenvalue weighted by Gasteiger charge is -2.31. The van der Waals surface area contributed by atoms with E-state index in [4.69, 9.17) is 14.7 Å². The highest BCUT2D eigenvalue weighted by Crippen LogP contribution is 2.31. The molecule has 3 aromatic rings. The lowest BCUT2D eigenvalue weighted by molar-refractivity contribution is -0.137. The zero-order valence-electron chi connectivity index (χ0n) is 21.1. The summed E-state index contributed by atoms with van der Waals surface area (Å²) >= 11 is 0.